The van der Waals surface area contributed by atoms with Gasteiger partial charge in [-0.3, -0.25) is 29.4 Å². The van der Waals surface area contributed by atoms with Gasteiger partial charge in [0.1, 0.15) is 11.6 Å². The normalized spacial score (nSPS) is 20.4. The molecule has 0 aliphatic carbocycles. The number of benzene rings is 1. The number of piperidine rings is 2. The molecule has 206 valence electrons. The van der Waals surface area contributed by atoms with E-state index in [1.807, 2.05) is 20.8 Å². The van der Waals surface area contributed by atoms with Gasteiger partial charge in [-0.1, -0.05) is 6.07 Å². The number of ether oxygens (including phenoxy) is 2. The number of nitrogens with zero attached hydrogens (tertiary/aromatic N) is 2. The number of imide groups is 2. The van der Waals surface area contributed by atoms with Crippen molar-refractivity contribution in [3.8, 4) is 0 Å². The highest BCUT2D eigenvalue weighted by atomic mass is 16.6. The Bertz CT molecular complexity index is 1110. The van der Waals surface area contributed by atoms with Crippen LogP contribution >= 0.6 is 0 Å². The van der Waals surface area contributed by atoms with Crippen LogP contribution in [0.25, 0.3) is 0 Å². The second-order valence-electron chi connectivity index (χ2n) is 10.9. The van der Waals surface area contributed by atoms with Crippen LogP contribution < -0.4 is 10.6 Å². The van der Waals surface area contributed by atoms with E-state index in [0.717, 1.165) is 24.2 Å². The molecular formula is C27H36N4O7. The second kappa shape index (κ2) is 11.5. The molecule has 1 unspecified atom stereocenters. The largest absolute Gasteiger partial charge is 0.444 e. The molecule has 0 radical (unpaired) electrons. The maximum absolute atomic E-state index is 13.1. The number of carbonyl (C=O) groups is 5. The first-order valence-electron chi connectivity index (χ1n) is 13.2. The summed E-state index contributed by atoms with van der Waals surface area (Å²) in [7, 11) is 0. The minimum Gasteiger partial charge on any atom is -0.444 e. The Labute approximate surface area is 222 Å². The van der Waals surface area contributed by atoms with Gasteiger partial charge in [0.2, 0.25) is 11.8 Å². The highest BCUT2D eigenvalue weighted by Gasteiger charge is 2.45. The van der Waals surface area contributed by atoms with E-state index in [9.17, 15) is 24.0 Å². The van der Waals surface area contributed by atoms with Gasteiger partial charge in [0.05, 0.1) is 17.7 Å². The third-order valence-corrected chi connectivity index (χ3v) is 6.97. The predicted octanol–water partition coefficient (Wildman–Crippen LogP) is 2.55. The Hall–Kier alpha value is -3.47. The van der Waals surface area contributed by atoms with Gasteiger partial charge >= 0.3 is 6.09 Å². The smallest absolute Gasteiger partial charge is 0.410 e. The van der Waals surface area contributed by atoms with Crippen molar-refractivity contribution in [1.82, 2.24) is 15.1 Å². The zero-order valence-corrected chi connectivity index (χ0v) is 22.2. The van der Waals surface area contributed by atoms with Crippen molar-refractivity contribution in [1.29, 1.82) is 0 Å². The zero-order chi connectivity index (χ0) is 27.4. The third kappa shape index (κ3) is 6.32. The molecule has 5 amide bonds. The van der Waals surface area contributed by atoms with E-state index >= 15 is 0 Å². The lowest BCUT2D eigenvalue weighted by Crippen LogP contribution is -2.54. The summed E-state index contributed by atoms with van der Waals surface area (Å²) >= 11 is 0. The third-order valence-electron chi connectivity index (χ3n) is 6.97. The lowest BCUT2D eigenvalue weighted by Gasteiger charge is -2.33. The van der Waals surface area contributed by atoms with E-state index in [4.69, 9.17) is 9.47 Å². The number of amides is 5. The van der Waals surface area contributed by atoms with Gasteiger partial charge in [0, 0.05) is 38.3 Å². The number of fused-ring (bicyclic) bond motifs is 1. The number of carbonyl (C=O) groups excluding carboxylic acids is 5. The van der Waals surface area contributed by atoms with Gasteiger partial charge < -0.3 is 19.7 Å². The molecular weight excluding hydrogens is 492 g/mol. The van der Waals surface area contributed by atoms with Crippen LogP contribution in [0.4, 0.5) is 10.5 Å². The lowest BCUT2D eigenvalue weighted by atomic mass is 9.94. The SMILES string of the molecule is CC(C)(C)OC(=O)N1CCC(CCOCCNc2cccc3c2C(=O)N(C2CCC(=O)NC2=O)C3=O)CC1. The summed E-state index contributed by atoms with van der Waals surface area (Å²) in [6, 6.07) is 3.98. The first-order valence-corrected chi connectivity index (χ1v) is 13.2. The van der Waals surface area contributed by atoms with E-state index in [1.54, 1.807) is 23.1 Å². The van der Waals surface area contributed by atoms with Crippen LogP contribution in [0.2, 0.25) is 0 Å². The van der Waals surface area contributed by atoms with E-state index in [2.05, 4.69) is 10.6 Å². The monoisotopic (exact) mass is 528 g/mol. The number of rotatable bonds is 8. The van der Waals surface area contributed by atoms with Crippen molar-refractivity contribution in [3.63, 3.8) is 0 Å². The Morgan fingerprint density at radius 1 is 1.05 bits per heavy atom. The molecule has 3 heterocycles. The van der Waals surface area contributed by atoms with Crippen molar-refractivity contribution in [2.45, 2.75) is 64.5 Å². The van der Waals surface area contributed by atoms with Crippen LogP contribution in [0.5, 0.6) is 0 Å². The molecule has 0 spiro atoms. The Kier molecular flexibility index (Phi) is 8.35. The second-order valence-corrected chi connectivity index (χ2v) is 10.9. The van der Waals surface area contributed by atoms with Crippen molar-refractivity contribution in [2.24, 2.45) is 5.92 Å². The summed E-state index contributed by atoms with van der Waals surface area (Å²) in [6.45, 7) is 8.40. The van der Waals surface area contributed by atoms with E-state index in [-0.39, 0.29) is 30.1 Å². The van der Waals surface area contributed by atoms with Crippen molar-refractivity contribution in [3.05, 3.63) is 29.3 Å². The highest BCUT2D eigenvalue weighted by Crippen LogP contribution is 2.32. The molecule has 2 N–H and O–H groups in total. The van der Waals surface area contributed by atoms with Crippen LogP contribution in [0, 0.1) is 5.92 Å². The van der Waals surface area contributed by atoms with E-state index in [0.29, 0.717) is 44.5 Å². The standard InChI is InChI=1S/C27H36N4O7/c1-27(2,3)38-26(36)30-13-9-17(10-14-30)11-15-37-16-12-28-19-6-4-5-18-22(19)25(35)31(24(18)34)20-7-8-21(32)29-23(20)33/h4-6,17,20,28H,7-16H2,1-3H3,(H,29,32,33). The first-order chi connectivity index (χ1) is 18.0. The summed E-state index contributed by atoms with van der Waals surface area (Å²) in [5, 5.41) is 5.38. The summed E-state index contributed by atoms with van der Waals surface area (Å²) in [4.78, 5) is 64.7. The van der Waals surface area contributed by atoms with Crippen LogP contribution in [-0.4, -0.2) is 84.0 Å². The quantitative estimate of drug-likeness (QED) is 0.388. The molecule has 3 aliphatic heterocycles. The number of hydrogen-bond acceptors (Lipinski definition) is 8. The fourth-order valence-corrected chi connectivity index (χ4v) is 5.00. The summed E-state index contributed by atoms with van der Waals surface area (Å²) in [5.74, 6) is -1.62. The molecule has 1 atom stereocenters. The minimum absolute atomic E-state index is 0.0785. The van der Waals surface area contributed by atoms with Gasteiger partial charge in [-0.2, -0.15) is 0 Å². The Morgan fingerprint density at radius 2 is 1.79 bits per heavy atom. The van der Waals surface area contributed by atoms with Gasteiger partial charge in [0.15, 0.2) is 0 Å². The van der Waals surface area contributed by atoms with Crippen molar-refractivity contribution < 1.29 is 33.4 Å². The number of nitrogens with one attached hydrogen (secondary N) is 2. The first kappa shape index (κ1) is 27.6. The fourth-order valence-electron chi connectivity index (χ4n) is 5.00. The van der Waals surface area contributed by atoms with Crippen LogP contribution in [0.3, 0.4) is 0 Å². The van der Waals surface area contributed by atoms with Gasteiger partial charge in [-0.05, 0) is 64.5 Å². The predicted molar refractivity (Wildman–Crippen MR) is 138 cm³/mol. The van der Waals surface area contributed by atoms with Crippen molar-refractivity contribution in [2.75, 3.05) is 38.2 Å². The molecule has 1 aromatic carbocycles. The number of hydrogen-bond donors (Lipinski definition) is 2. The van der Waals surface area contributed by atoms with Crippen LogP contribution in [0.15, 0.2) is 18.2 Å². The molecule has 0 saturated carbocycles. The van der Waals surface area contributed by atoms with Crippen LogP contribution in [-0.2, 0) is 19.1 Å². The molecule has 11 nitrogen and oxygen atoms in total. The van der Waals surface area contributed by atoms with Crippen molar-refractivity contribution >= 4 is 35.4 Å². The summed E-state index contributed by atoms with van der Waals surface area (Å²) < 4.78 is 11.2. The topological polar surface area (TPSA) is 134 Å². The highest BCUT2D eigenvalue weighted by molar-refractivity contribution is 6.25. The van der Waals surface area contributed by atoms with E-state index in [1.165, 1.54) is 0 Å². The summed E-state index contributed by atoms with van der Waals surface area (Å²) in [5.41, 5.74) is 0.488. The molecule has 3 aliphatic rings. The van der Waals surface area contributed by atoms with Gasteiger partial charge in [0.25, 0.3) is 11.8 Å². The Balaban J connectivity index is 1.20. The fraction of sp³-hybridized carbons (Fsp3) is 0.593. The molecule has 2 fully saturated rings. The summed E-state index contributed by atoms with van der Waals surface area (Å²) in [6.07, 6.45) is 2.66. The molecule has 11 heteroatoms. The molecule has 1 aromatic rings. The maximum Gasteiger partial charge on any atom is 0.410 e. The van der Waals surface area contributed by atoms with E-state index < -0.39 is 35.3 Å². The molecule has 0 aromatic heterocycles. The average molecular weight is 529 g/mol. The molecule has 38 heavy (non-hydrogen) atoms. The average Bonchev–Trinajstić information content (AvgIpc) is 3.11. The van der Waals surface area contributed by atoms with Gasteiger partial charge in [-0.25, -0.2) is 4.79 Å². The van der Waals surface area contributed by atoms with Crippen LogP contribution in [0.1, 0.15) is 73.6 Å². The Morgan fingerprint density at radius 3 is 2.47 bits per heavy atom. The molecule has 0 bridgehead atoms. The molecule has 2 saturated heterocycles. The zero-order valence-electron chi connectivity index (χ0n) is 22.2. The lowest BCUT2D eigenvalue weighted by molar-refractivity contribution is -0.136. The number of anilines is 1. The maximum atomic E-state index is 13.1. The molecule has 4 rings (SSSR count). The number of likely N-dealkylation sites (tertiary alicyclic amines) is 1. The van der Waals surface area contributed by atoms with Gasteiger partial charge in [-0.15, -0.1) is 0 Å². The minimum atomic E-state index is -0.993.